The SMILES string of the molecule is O=C(O)C1=C[C@@H](O)[C@@H](OS(=O)(=O)O)[C@H](O[C@H]2[C@H](O)[C@@H](NS(=O)(=O)O)[C@@H](O)O[C@@H]2COS(=O)(=O)O)O1. The van der Waals surface area contributed by atoms with Crippen LogP contribution in [-0.2, 0) is 58.5 Å². The lowest BCUT2D eigenvalue weighted by Crippen LogP contribution is -2.66. The number of ether oxygens (including phenoxy) is 3. The van der Waals surface area contributed by atoms with Crippen molar-refractivity contribution in [2.45, 2.75) is 49.1 Å². The Labute approximate surface area is 196 Å². The molecule has 0 spiro atoms. The Bertz CT molecular complexity index is 1130. The minimum atomic E-state index is -5.36. The molecule has 0 radical (unpaired) electrons. The van der Waals surface area contributed by atoms with Crippen molar-refractivity contribution in [3.05, 3.63) is 11.8 Å². The van der Waals surface area contributed by atoms with Gasteiger partial charge in [-0.15, -0.1) is 0 Å². The van der Waals surface area contributed by atoms with Crippen LogP contribution in [0.2, 0.25) is 0 Å². The molecule has 8 N–H and O–H groups in total. The topological polar surface area (TPSA) is 319 Å². The number of carboxylic acid groups (broad SMARTS) is 1. The first kappa shape index (κ1) is 29.6. The molecule has 2 aliphatic rings. The lowest BCUT2D eigenvalue weighted by atomic mass is 9.97. The summed E-state index contributed by atoms with van der Waals surface area (Å²) in [4.78, 5) is 11.2. The third-order valence-electron chi connectivity index (χ3n) is 4.26. The predicted molar refractivity (Wildman–Crippen MR) is 101 cm³/mol. The summed E-state index contributed by atoms with van der Waals surface area (Å²) in [7, 11) is -15.7. The maximum atomic E-state index is 11.2. The summed E-state index contributed by atoms with van der Waals surface area (Å²) in [5, 5.41) is 39.6. The van der Waals surface area contributed by atoms with Crippen molar-refractivity contribution in [3.8, 4) is 0 Å². The lowest BCUT2D eigenvalue weighted by molar-refractivity contribution is -0.303. The van der Waals surface area contributed by atoms with Gasteiger partial charge in [-0.25, -0.2) is 13.2 Å². The molecule has 0 amide bonds. The smallest absolute Gasteiger partial charge is 0.397 e. The van der Waals surface area contributed by atoms with E-state index in [1.807, 2.05) is 0 Å². The minimum absolute atomic E-state index is 0.442. The van der Waals surface area contributed by atoms with Gasteiger partial charge in [0.25, 0.3) is 0 Å². The van der Waals surface area contributed by atoms with Crippen LogP contribution in [0.15, 0.2) is 11.8 Å². The van der Waals surface area contributed by atoms with E-state index in [1.54, 1.807) is 0 Å². The number of rotatable bonds is 10. The molecule has 23 heteroatoms. The molecule has 20 nitrogen and oxygen atoms in total. The molecule has 2 heterocycles. The average Bonchev–Trinajstić information content (AvgIpc) is 2.65. The Morgan fingerprint density at radius 3 is 2.09 bits per heavy atom. The Morgan fingerprint density at radius 1 is 1.00 bits per heavy atom. The van der Waals surface area contributed by atoms with E-state index in [2.05, 4.69) is 8.37 Å². The molecule has 0 aliphatic carbocycles. The molecular weight excluding hydrogens is 558 g/mol. The molecule has 0 aromatic heterocycles. The van der Waals surface area contributed by atoms with E-state index < -0.39 is 98.6 Å². The molecule has 0 saturated carbocycles. The van der Waals surface area contributed by atoms with Gasteiger partial charge in [0.1, 0.15) is 30.5 Å². The zero-order valence-corrected chi connectivity index (χ0v) is 19.1. The number of carbonyl (C=O) groups is 1. The summed E-state index contributed by atoms with van der Waals surface area (Å²) >= 11 is 0. The number of aliphatic hydroxyl groups is 3. The molecule has 2 aliphatic heterocycles. The van der Waals surface area contributed by atoms with E-state index >= 15 is 0 Å². The quantitative estimate of drug-likeness (QED) is 0.112. The summed E-state index contributed by atoms with van der Waals surface area (Å²) in [6.45, 7) is -1.25. The Morgan fingerprint density at radius 2 is 1.60 bits per heavy atom. The Kier molecular flexibility index (Phi) is 9.15. The second kappa shape index (κ2) is 10.8. The van der Waals surface area contributed by atoms with Crippen LogP contribution in [0.4, 0.5) is 0 Å². The van der Waals surface area contributed by atoms with E-state index in [0.717, 1.165) is 0 Å². The molecule has 0 aromatic rings. The molecule has 35 heavy (non-hydrogen) atoms. The molecule has 1 saturated heterocycles. The van der Waals surface area contributed by atoms with Gasteiger partial charge in [-0.1, -0.05) is 0 Å². The first-order valence-corrected chi connectivity index (χ1v) is 12.9. The van der Waals surface area contributed by atoms with Crippen LogP contribution < -0.4 is 4.72 Å². The van der Waals surface area contributed by atoms with Crippen LogP contribution in [0, 0.1) is 0 Å². The zero-order valence-electron chi connectivity index (χ0n) is 16.7. The Balaban J connectivity index is 2.44. The van der Waals surface area contributed by atoms with E-state index in [-0.39, 0.29) is 0 Å². The molecule has 0 bridgehead atoms. The van der Waals surface area contributed by atoms with Gasteiger partial charge >= 0.3 is 37.1 Å². The van der Waals surface area contributed by atoms with Gasteiger partial charge in [0.15, 0.2) is 12.4 Å². The first-order chi connectivity index (χ1) is 15.8. The molecule has 2 rings (SSSR count). The van der Waals surface area contributed by atoms with Gasteiger partial charge in [0.2, 0.25) is 12.0 Å². The fourth-order valence-corrected chi connectivity index (χ4v) is 4.35. The maximum absolute atomic E-state index is 11.2. The third kappa shape index (κ3) is 8.79. The van der Waals surface area contributed by atoms with Gasteiger partial charge in [-0.05, 0) is 6.08 Å². The highest BCUT2D eigenvalue weighted by atomic mass is 32.3. The highest BCUT2D eigenvalue weighted by Gasteiger charge is 2.51. The summed E-state index contributed by atoms with van der Waals surface area (Å²) in [6, 6.07) is -2.15. The fourth-order valence-electron chi connectivity index (χ4n) is 2.96. The largest absolute Gasteiger partial charge is 0.475 e. The molecule has 204 valence electrons. The van der Waals surface area contributed by atoms with Crippen molar-refractivity contribution in [3.63, 3.8) is 0 Å². The van der Waals surface area contributed by atoms with Crippen LogP contribution in [-0.4, -0.2) is 121 Å². The molecule has 8 atom stereocenters. The number of hydrogen-bond acceptors (Lipinski definition) is 15. The maximum Gasteiger partial charge on any atom is 0.397 e. The average molecular weight is 577 g/mol. The normalized spacial score (nSPS) is 34.6. The molecule has 0 aromatic carbocycles. The van der Waals surface area contributed by atoms with Crippen LogP contribution in [0.3, 0.4) is 0 Å². The van der Waals surface area contributed by atoms with Gasteiger partial charge < -0.3 is 34.6 Å². The summed E-state index contributed by atoms with van der Waals surface area (Å²) in [6.07, 6.45) is -15.1. The second-order valence-electron chi connectivity index (χ2n) is 6.79. The van der Waals surface area contributed by atoms with Crippen molar-refractivity contribution in [1.29, 1.82) is 0 Å². The minimum Gasteiger partial charge on any atom is -0.475 e. The summed E-state index contributed by atoms with van der Waals surface area (Å²) in [5.41, 5.74) is 0. The number of hydrogen-bond donors (Lipinski definition) is 8. The Hall–Kier alpha value is -1.58. The third-order valence-corrected chi connectivity index (χ3v) is 5.73. The molecule has 1 fully saturated rings. The van der Waals surface area contributed by atoms with Gasteiger partial charge in [-0.3, -0.25) is 13.7 Å². The van der Waals surface area contributed by atoms with Gasteiger partial charge in [-0.2, -0.15) is 30.0 Å². The first-order valence-electron chi connectivity index (χ1n) is 8.76. The fraction of sp³-hybridized carbons (Fsp3) is 0.750. The monoisotopic (exact) mass is 577 g/mol. The summed E-state index contributed by atoms with van der Waals surface area (Å²) < 4.78 is 117. The summed E-state index contributed by atoms with van der Waals surface area (Å²) in [5.74, 6) is -2.88. The van der Waals surface area contributed by atoms with Crippen LogP contribution in [0.25, 0.3) is 0 Å². The van der Waals surface area contributed by atoms with E-state index in [0.29, 0.717) is 6.08 Å². The van der Waals surface area contributed by atoms with Crippen molar-refractivity contribution >= 4 is 37.1 Å². The van der Waals surface area contributed by atoms with Crippen molar-refractivity contribution in [2.24, 2.45) is 0 Å². The predicted octanol–water partition coefficient (Wildman–Crippen LogP) is -5.10. The van der Waals surface area contributed by atoms with Crippen LogP contribution in [0.5, 0.6) is 0 Å². The molecular formula is C12H19NO19S3. The van der Waals surface area contributed by atoms with Crippen molar-refractivity contribution in [2.75, 3.05) is 6.61 Å². The van der Waals surface area contributed by atoms with Gasteiger partial charge in [0, 0.05) is 0 Å². The number of aliphatic carboxylic acids is 1. The number of carboxylic acids is 1. The van der Waals surface area contributed by atoms with Crippen molar-refractivity contribution < 1.29 is 86.7 Å². The van der Waals surface area contributed by atoms with E-state index in [9.17, 15) is 45.4 Å². The van der Waals surface area contributed by atoms with Crippen LogP contribution in [0.1, 0.15) is 0 Å². The standard InChI is InChI=1S/C12H19NO19S3/c14-3-1-4(10(16)17)30-12(8(3)32-35(25,26)27)31-9-5(2-28-34(22,23)24)29-11(18)6(7(9)15)13-33(19,20)21/h1,3,5-9,11-15,18H,2H2,(H,16,17)(H,19,20,21)(H,22,23,24)(H,25,26,27)/t3-,5-,6-,7-,8-,9-,11+,12+/m1/s1. The van der Waals surface area contributed by atoms with E-state index in [4.69, 9.17) is 33.0 Å². The van der Waals surface area contributed by atoms with E-state index in [1.165, 1.54) is 4.72 Å². The molecule has 0 unspecified atom stereocenters. The van der Waals surface area contributed by atoms with Crippen molar-refractivity contribution in [1.82, 2.24) is 4.72 Å². The number of nitrogens with one attached hydrogen (secondary N) is 1. The van der Waals surface area contributed by atoms with Crippen LogP contribution >= 0.6 is 0 Å². The lowest BCUT2D eigenvalue weighted by Gasteiger charge is -2.44. The highest BCUT2D eigenvalue weighted by Crippen LogP contribution is 2.30. The zero-order chi connectivity index (χ0) is 26.9. The second-order valence-corrected chi connectivity index (χ2v) is 10.1. The van der Waals surface area contributed by atoms with Gasteiger partial charge in [0.05, 0.1) is 6.61 Å². The number of aliphatic hydroxyl groups excluding tert-OH is 3. The highest BCUT2D eigenvalue weighted by molar-refractivity contribution is 7.83.